The first-order valence-corrected chi connectivity index (χ1v) is 14.7. The third kappa shape index (κ3) is 6.36. The van der Waals surface area contributed by atoms with Crippen LogP contribution in [0.5, 0.6) is 11.5 Å². The topological polar surface area (TPSA) is 79.1 Å². The largest absolute Gasteiger partial charge is 0.496 e. The molecule has 0 unspecified atom stereocenters. The van der Waals surface area contributed by atoms with E-state index in [1.165, 1.54) is 11.3 Å². The maximum atomic E-state index is 13.9. The first kappa shape index (κ1) is 28.8. The lowest BCUT2D eigenvalue weighted by Crippen LogP contribution is -2.40. The van der Waals surface area contributed by atoms with Crippen molar-refractivity contribution in [3.63, 3.8) is 0 Å². The molecule has 0 aliphatic carbocycles. The maximum absolute atomic E-state index is 13.9. The van der Waals surface area contributed by atoms with E-state index in [9.17, 15) is 9.59 Å². The van der Waals surface area contributed by atoms with Crippen LogP contribution in [0, 0.1) is 5.92 Å². The molecule has 1 atom stereocenters. The highest BCUT2D eigenvalue weighted by Crippen LogP contribution is 2.36. The molecule has 206 valence electrons. The Bertz CT molecular complexity index is 1550. The molecule has 9 heteroatoms. The summed E-state index contributed by atoms with van der Waals surface area (Å²) < 4.78 is 19.5. The molecular formula is C30H33BrN2O5S. The average Bonchev–Trinajstić information content (AvgIpc) is 3.22. The summed E-state index contributed by atoms with van der Waals surface area (Å²) in [5, 5.41) is 0. The summed E-state index contributed by atoms with van der Waals surface area (Å²) in [7, 11) is 1.59. The quantitative estimate of drug-likeness (QED) is 0.287. The summed E-state index contributed by atoms with van der Waals surface area (Å²) in [5.74, 6) is 1.41. The van der Waals surface area contributed by atoms with E-state index in [-0.39, 0.29) is 12.2 Å². The molecule has 1 aliphatic rings. The molecule has 0 saturated heterocycles. The van der Waals surface area contributed by atoms with E-state index < -0.39 is 12.0 Å². The summed E-state index contributed by atoms with van der Waals surface area (Å²) in [4.78, 5) is 32.6. The van der Waals surface area contributed by atoms with Crippen LogP contribution in [0.25, 0.3) is 6.08 Å². The standard InChI is InChI=1S/C30H33BrN2O5S/c1-6-8-23-26(29(35)37-7-2)27(20-11-14-24(36-5)22(31)16-20)33-28(34)25(39-30(33)32-23)15-19-9-12-21(13-10-19)38-17-18(3)4/h9-16,18,27H,6-8,17H2,1-5H3/b25-15+/t27-/m1/s1. The van der Waals surface area contributed by atoms with Gasteiger partial charge in [-0.15, -0.1) is 0 Å². The van der Waals surface area contributed by atoms with E-state index in [0.29, 0.717) is 45.3 Å². The minimum atomic E-state index is -0.682. The van der Waals surface area contributed by atoms with Gasteiger partial charge in [0.25, 0.3) is 5.56 Å². The van der Waals surface area contributed by atoms with Gasteiger partial charge < -0.3 is 14.2 Å². The van der Waals surface area contributed by atoms with Crippen molar-refractivity contribution in [1.82, 2.24) is 4.57 Å². The Morgan fingerprint density at radius 2 is 1.92 bits per heavy atom. The van der Waals surface area contributed by atoms with Crippen LogP contribution in [-0.4, -0.2) is 30.9 Å². The highest BCUT2D eigenvalue weighted by Gasteiger charge is 2.34. The summed E-state index contributed by atoms with van der Waals surface area (Å²) in [6.45, 7) is 8.88. The van der Waals surface area contributed by atoms with Gasteiger partial charge in [0, 0.05) is 0 Å². The molecule has 0 bridgehead atoms. The van der Waals surface area contributed by atoms with Crippen molar-refractivity contribution in [2.45, 2.75) is 46.6 Å². The number of benzene rings is 2. The Kier molecular flexibility index (Phi) is 9.45. The van der Waals surface area contributed by atoms with E-state index in [0.717, 1.165) is 27.8 Å². The third-order valence-corrected chi connectivity index (χ3v) is 7.75. The normalized spacial score (nSPS) is 15.3. The Hall–Kier alpha value is -3.17. The van der Waals surface area contributed by atoms with Crippen molar-refractivity contribution >= 4 is 39.3 Å². The van der Waals surface area contributed by atoms with Crippen molar-refractivity contribution in [1.29, 1.82) is 0 Å². The Morgan fingerprint density at radius 1 is 1.18 bits per heavy atom. The van der Waals surface area contributed by atoms with E-state index >= 15 is 0 Å². The summed E-state index contributed by atoms with van der Waals surface area (Å²) in [6.07, 6.45) is 3.23. The molecule has 39 heavy (non-hydrogen) atoms. The molecular weight excluding hydrogens is 580 g/mol. The molecule has 1 aliphatic heterocycles. The molecule has 7 nitrogen and oxygen atoms in total. The molecule has 0 saturated carbocycles. The maximum Gasteiger partial charge on any atom is 0.338 e. The highest BCUT2D eigenvalue weighted by atomic mass is 79.9. The molecule has 0 radical (unpaired) electrons. The van der Waals surface area contributed by atoms with Crippen molar-refractivity contribution in [3.05, 3.63) is 89.0 Å². The van der Waals surface area contributed by atoms with Crippen LogP contribution in [0.2, 0.25) is 0 Å². The van der Waals surface area contributed by atoms with E-state index in [4.69, 9.17) is 19.2 Å². The van der Waals surface area contributed by atoms with E-state index in [1.54, 1.807) is 18.6 Å². The number of hydrogen-bond donors (Lipinski definition) is 0. The van der Waals surface area contributed by atoms with E-state index in [2.05, 4.69) is 29.8 Å². The molecule has 2 heterocycles. The van der Waals surface area contributed by atoms with Gasteiger partial charge >= 0.3 is 5.97 Å². The van der Waals surface area contributed by atoms with Crippen LogP contribution >= 0.6 is 27.3 Å². The minimum Gasteiger partial charge on any atom is -0.496 e. The average molecular weight is 614 g/mol. The zero-order valence-corrected chi connectivity index (χ0v) is 25.2. The van der Waals surface area contributed by atoms with Crippen LogP contribution in [0.3, 0.4) is 0 Å². The van der Waals surface area contributed by atoms with Crippen molar-refractivity contribution in [2.75, 3.05) is 20.3 Å². The Morgan fingerprint density at radius 3 is 2.54 bits per heavy atom. The number of carbonyl (C=O) groups is 1. The number of ether oxygens (including phenoxy) is 3. The molecule has 3 aromatic rings. The number of aromatic nitrogens is 1. The number of fused-ring (bicyclic) bond motifs is 1. The van der Waals surface area contributed by atoms with Crippen molar-refractivity contribution in [2.24, 2.45) is 10.9 Å². The number of carbonyl (C=O) groups excluding carboxylic acids is 1. The fraction of sp³-hybridized carbons (Fsp3) is 0.367. The lowest BCUT2D eigenvalue weighted by Gasteiger charge is -2.26. The van der Waals surface area contributed by atoms with Gasteiger partial charge in [-0.05, 0) is 76.7 Å². The van der Waals surface area contributed by atoms with Gasteiger partial charge in [-0.1, -0.05) is 56.7 Å². The molecule has 0 amide bonds. The predicted octanol–water partition coefficient (Wildman–Crippen LogP) is 5.38. The lowest BCUT2D eigenvalue weighted by atomic mass is 9.94. The second kappa shape index (κ2) is 12.8. The van der Waals surface area contributed by atoms with Gasteiger partial charge in [-0.3, -0.25) is 9.36 Å². The predicted molar refractivity (Wildman–Crippen MR) is 157 cm³/mol. The lowest BCUT2D eigenvalue weighted by molar-refractivity contribution is -0.139. The highest BCUT2D eigenvalue weighted by molar-refractivity contribution is 9.10. The van der Waals surface area contributed by atoms with Crippen LogP contribution in [0.15, 0.2) is 68.0 Å². The summed E-state index contributed by atoms with van der Waals surface area (Å²) in [6, 6.07) is 12.6. The summed E-state index contributed by atoms with van der Waals surface area (Å²) in [5.41, 5.74) is 2.45. The fourth-order valence-corrected chi connectivity index (χ4v) is 5.94. The molecule has 0 spiro atoms. The van der Waals surface area contributed by atoms with Gasteiger partial charge in [0.05, 0.1) is 46.6 Å². The van der Waals surface area contributed by atoms with Gasteiger partial charge in [0.15, 0.2) is 4.80 Å². The number of esters is 1. The Balaban J connectivity index is 1.87. The van der Waals surface area contributed by atoms with Gasteiger partial charge in [0.2, 0.25) is 0 Å². The first-order valence-electron chi connectivity index (χ1n) is 13.1. The van der Waals surface area contributed by atoms with Crippen LogP contribution < -0.4 is 24.4 Å². The first-order chi connectivity index (χ1) is 18.8. The second-order valence-electron chi connectivity index (χ2n) is 9.58. The SMILES string of the molecule is CCCC1=C(C(=O)OCC)[C@@H](c2ccc(OC)c(Br)c2)n2c(s/c(=C/c3ccc(OCC(C)C)cc3)c2=O)=N1. The van der Waals surface area contributed by atoms with E-state index in [1.807, 2.05) is 55.5 Å². The third-order valence-electron chi connectivity index (χ3n) is 6.14. The smallest absolute Gasteiger partial charge is 0.338 e. The van der Waals surface area contributed by atoms with Crippen LogP contribution in [-0.2, 0) is 9.53 Å². The van der Waals surface area contributed by atoms with Crippen LogP contribution in [0.4, 0.5) is 0 Å². The second-order valence-corrected chi connectivity index (χ2v) is 11.4. The number of thiazole rings is 1. The van der Waals surface area contributed by atoms with Gasteiger partial charge in [0.1, 0.15) is 11.5 Å². The number of methoxy groups -OCH3 is 1. The molecule has 4 rings (SSSR count). The van der Waals surface area contributed by atoms with Crippen molar-refractivity contribution < 1.29 is 19.0 Å². The Labute approximate surface area is 240 Å². The monoisotopic (exact) mass is 612 g/mol. The van der Waals surface area contributed by atoms with Gasteiger partial charge in [-0.25, -0.2) is 9.79 Å². The number of hydrogen-bond acceptors (Lipinski definition) is 7. The summed E-state index contributed by atoms with van der Waals surface area (Å²) >= 11 is 4.87. The number of rotatable bonds is 10. The molecule has 1 aromatic heterocycles. The van der Waals surface area contributed by atoms with Gasteiger partial charge in [-0.2, -0.15) is 0 Å². The number of allylic oxidation sites excluding steroid dienone is 1. The number of halogens is 1. The fourth-order valence-electron chi connectivity index (χ4n) is 4.36. The molecule has 0 N–H and O–H groups in total. The zero-order valence-electron chi connectivity index (χ0n) is 22.8. The minimum absolute atomic E-state index is 0.215. The zero-order chi connectivity index (χ0) is 28.1. The van der Waals surface area contributed by atoms with Crippen LogP contribution in [0.1, 0.15) is 57.7 Å². The molecule has 2 aromatic carbocycles. The van der Waals surface area contributed by atoms with Crippen molar-refractivity contribution in [3.8, 4) is 11.5 Å². The molecule has 0 fully saturated rings. The number of nitrogens with zero attached hydrogens (tertiary/aromatic N) is 2.